The Morgan fingerprint density at radius 1 is 1.22 bits per heavy atom. The van der Waals surface area contributed by atoms with Crippen LogP contribution in [-0.4, -0.2) is 31.3 Å². The van der Waals surface area contributed by atoms with E-state index in [1.807, 2.05) is 0 Å². The Balaban J connectivity index is 2.29. The number of benzene rings is 1. The number of Topliss-reactive ketones (excluding diaryl/α,β-unsaturated/α-hetero) is 1. The normalized spacial score (nSPS) is 11.8. The second-order valence-electron chi connectivity index (χ2n) is 3.65. The van der Waals surface area contributed by atoms with Crippen molar-refractivity contribution in [3.63, 3.8) is 0 Å². The predicted molar refractivity (Wildman–Crippen MR) is 57.2 cm³/mol. The van der Waals surface area contributed by atoms with Crippen LogP contribution in [0.3, 0.4) is 0 Å². The van der Waals surface area contributed by atoms with E-state index in [-0.39, 0.29) is 18.8 Å². The summed E-state index contributed by atoms with van der Waals surface area (Å²) in [6.45, 7) is -1.69. The van der Waals surface area contributed by atoms with Gasteiger partial charge in [-0.2, -0.15) is 8.78 Å². The van der Waals surface area contributed by atoms with Crippen LogP contribution in [0.4, 0.5) is 17.6 Å². The van der Waals surface area contributed by atoms with Gasteiger partial charge in [0.2, 0.25) is 0 Å². The Morgan fingerprint density at radius 2 is 1.83 bits per heavy atom. The standard InChI is InChI=1S/C12H12F4O2/c13-11(14)12(15,16)8-18-7-6-10(17)9-4-2-1-3-5-9/h1-5,11H,6-8H2. The number of halogens is 4. The quantitative estimate of drug-likeness (QED) is 0.429. The van der Waals surface area contributed by atoms with Crippen molar-refractivity contribution >= 4 is 5.78 Å². The van der Waals surface area contributed by atoms with E-state index in [0.29, 0.717) is 5.56 Å². The molecule has 2 nitrogen and oxygen atoms in total. The van der Waals surface area contributed by atoms with E-state index in [1.165, 1.54) is 0 Å². The fourth-order valence-corrected chi connectivity index (χ4v) is 1.20. The highest BCUT2D eigenvalue weighted by Crippen LogP contribution is 2.22. The maximum atomic E-state index is 12.4. The molecule has 0 heterocycles. The molecule has 0 atom stereocenters. The number of carbonyl (C=O) groups is 1. The van der Waals surface area contributed by atoms with Crippen LogP contribution in [0.25, 0.3) is 0 Å². The summed E-state index contributed by atoms with van der Waals surface area (Å²) >= 11 is 0. The lowest BCUT2D eigenvalue weighted by Gasteiger charge is -2.14. The zero-order valence-electron chi connectivity index (χ0n) is 9.41. The van der Waals surface area contributed by atoms with Crippen molar-refractivity contribution in [1.29, 1.82) is 0 Å². The zero-order valence-corrected chi connectivity index (χ0v) is 9.41. The number of hydrogen-bond acceptors (Lipinski definition) is 2. The second-order valence-corrected chi connectivity index (χ2v) is 3.65. The molecule has 0 aliphatic carbocycles. The summed E-state index contributed by atoms with van der Waals surface area (Å²) in [4.78, 5) is 11.5. The minimum absolute atomic E-state index is 0.122. The van der Waals surface area contributed by atoms with Crippen molar-refractivity contribution < 1.29 is 27.1 Å². The Labute approximate surface area is 102 Å². The minimum atomic E-state index is -4.17. The maximum absolute atomic E-state index is 12.4. The third-order valence-corrected chi connectivity index (χ3v) is 2.18. The van der Waals surface area contributed by atoms with Gasteiger partial charge in [0.25, 0.3) is 0 Å². The molecule has 0 amide bonds. The van der Waals surface area contributed by atoms with Crippen LogP contribution in [-0.2, 0) is 4.74 Å². The van der Waals surface area contributed by atoms with Gasteiger partial charge >= 0.3 is 12.3 Å². The van der Waals surface area contributed by atoms with Gasteiger partial charge in [0, 0.05) is 12.0 Å². The van der Waals surface area contributed by atoms with E-state index in [2.05, 4.69) is 4.74 Å². The molecule has 0 aliphatic heterocycles. The van der Waals surface area contributed by atoms with Gasteiger partial charge in [-0.15, -0.1) is 0 Å². The molecule has 6 heteroatoms. The Kier molecular flexibility index (Phi) is 5.27. The SMILES string of the molecule is O=C(CCOCC(F)(F)C(F)F)c1ccccc1. The third kappa shape index (κ3) is 4.44. The summed E-state index contributed by atoms with van der Waals surface area (Å²) in [6, 6.07) is 8.22. The first kappa shape index (κ1) is 14.6. The largest absolute Gasteiger partial charge is 0.374 e. The van der Waals surface area contributed by atoms with Crippen molar-refractivity contribution in [1.82, 2.24) is 0 Å². The van der Waals surface area contributed by atoms with E-state index < -0.39 is 19.0 Å². The van der Waals surface area contributed by atoms with Gasteiger partial charge in [0.15, 0.2) is 5.78 Å². The summed E-state index contributed by atoms with van der Waals surface area (Å²) in [5.41, 5.74) is 0.432. The van der Waals surface area contributed by atoms with Gasteiger partial charge < -0.3 is 4.74 Å². The minimum Gasteiger partial charge on any atom is -0.374 e. The topological polar surface area (TPSA) is 26.3 Å². The molecule has 0 aliphatic rings. The molecule has 1 aromatic carbocycles. The van der Waals surface area contributed by atoms with Crippen LogP contribution < -0.4 is 0 Å². The number of ether oxygens (including phenoxy) is 1. The average Bonchev–Trinajstić information content (AvgIpc) is 2.35. The van der Waals surface area contributed by atoms with Gasteiger partial charge in [0.05, 0.1) is 6.61 Å². The van der Waals surface area contributed by atoms with Crippen molar-refractivity contribution in [3.05, 3.63) is 35.9 Å². The Bertz CT molecular complexity index is 379. The first-order chi connectivity index (χ1) is 8.43. The summed E-state index contributed by atoms with van der Waals surface area (Å²) in [7, 11) is 0. The van der Waals surface area contributed by atoms with Crippen LogP contribution in [0.1, 0.15) is 16.8 Å². The monoisotopic (exact) mass is 264 g/mol. The lowest BCUT2D eigenvalue weighted by Crippen LogP contribution is -2.32. The third-order valence-electron chi connectivity index (χ3n) is 2.18. The van der Waals surface area contributed by atoms with Crippen LogP contribution >= 0.6 is 0 Å². The lowest BCUT2D eigenvalue weighted by molar-refractivity contribution is -0.165. The second kappa shape index (κ2) is 6.49. The fourth-order valence-electron chi connectivity index (χ4n) is 1.20. The molecule has 0 N–H and O–H groups in total. The summed E-state index contributed by atoms with van der Waals surface area (Å²) in [5.74, 6) is -4.45. The van der Waals surface area contributed by atoms with Gasteiger partial charge in [0.1, 0.15) is 6.61 Å². The molecule has 18 heavy (non-hydrogen) atoms. The Hall–Kier alpha value is -1.43. The van der Waals surface area contributed by atoms with E-state index in [9.17, 15) is 22.4 Å². The van der Waals surface area contributed by atoms with Gasteiger partial charge in [-0.3, -0.25) is 4.79 Å². The first-order valence-corrected chi connectivity index (χ1v) is 5.25. The molecule has 1 aromatic rings. The molecule has 0 unspecified atom stereocenters. The summed E-state index contributed by atoms with van der Waals surface area (Å²) < 4.78 is 52.8. The van der Waals surface area contributed by atoms with Gasteiger partial charge in [-0.25, -0.2) is 8.78 Å². The van der Waals surface area contributed by atoms with Gasteiger partial charge in [-0.1, -0.05) is 30.3 Å². The highest BCUT2D eigenvalue weighted by Gasteiger charge is 2.40. The molecule has 0 bridgehead atoms. The van der Waals surface area contributed by atoms with Crippen molar-refractivity contribution in [2.24, 2.45) is 0 Å². The fraction of sp³-hybridized carbons (Fsp3) is 0.417. The molecule has 0 saturated carbocycles. The van der Waals surface area contributed by atoms with E-state index in [0.717, 1.165) is 0 Å². The summed E-state index contributed by atoms with van der Waals surface area (Å²) in [6.07, 6.45) is -3.88. The van der Waals surface area contributed by atoms with Crippen LogP contribution in [0.15, 0.2) is 30.3 Å². The highest BCUT2D eigenvalue weighted by atomic mass is 19.3. The number of rotatable bonds is 7. The molecule has 0 aromatic heterocycles. The van der Waals surface area contributed by atoms with Crippen molar-refractivity contribution in [3.8, 4) is 0 Å². The Morgan fingerprint density at radius 3 is 2.39 bits per heavy atom. The van der Waals surface area contributed by atoms with Crippen LogP contribution in [0.5, 0.6) is 0 Å². The molecule has 100 valence electrons. The predicted octanol–water partition coefficient (Wildman–Crippen LogP) is 3.18. The van der Waals surface area contributed by atoms with Crippen molar-refractivity contribution in [2.75, 3.05) is 13.2 Å². The van der Waals surface area contributed by atoms with E-state index >= 15 is 0 Å². The lowest BCUT2D eigenvalue weighted by atomic mass is 10.1. The molecule has 1 rings (SSSR count). The first-order valence-electron chi connectivity index (χ1n) is 5.25. The van der Waals surface area contributed by atoms with Crippen molar-refractivity contribution in [2.45, 2.75) is 18.8 Å². The van der Waals surface area contributed by atoms with Gasteiger partial charge in [-0.05, 0) is 0 Å². The smallest absolute Gasteiger partial charge is 0.330 e. The highest BCUT2D eigenvalue weighted by molar-refractivity contribution is 5.96. The maximum Gasteiger partial charge on any atom is 0.330 e. The molecular formula is C12H12F4O2. The van der Waals surface area contributed by atoms with Crippen LogP contribution in [0, 0.1) is 0 Å². The number of alkyl halides is 4. The van der Waals surface area contributed by atoms with E-state index in [4.69, 9.17) is 0 Å². The zero-order chi connectivity index (χ0) is 13.6. The average molecular weight is 264 g/mol. The molecule has 0 radical (unpaired) electrons. The molecule has 0 fully saturated rings. The molecule has 0 spiro atoms. The number of ketones is 1. The number of hydrogen-bond donors (Lipinski definition) is 0. The van der Waals surface area contributed by atoms with Crippen LogP contribution in [0.2, 0.25) is 0 Å². The molecular weight excluding hydrogens is 252 g/mol. The molecule has 0 saturated heterocycles. The van der Waals surface area contributed by atoms with E-state index in [1.54, 1.807) is 30.3 Å². The number of carbonyl (C=O) groups excluding carboxylic acids is 1. The summed E-state index contributed by atoms with van der Waals surface area (Å²) in [5, 5.41) is 0.